The number of primary amides is 1. The Balaban J connectivity index is 1.37. The quantitative estimate of drug-likeness (QED) is 0.709. The average molecular weight is 413 g/mol. The highest BCUT2D eigenvalue weighted by molar-refractivity contribution is 6.05. The number of piperidine rings is 2. The normalized spacial score (nSPS) is 25.6. The molecule has 4 rings (SSSR count). The van der Waals surface area contributed by atoms with Crippen molar-refractivity contribution in [1.82, 2.24) is 14.7 Å². The fourth-order valence-corrected chi connectivity index (χ4v) is 5.32. The first-order chi connectivity index (χ1) is 14.5. The van der Waals surface area contributed by atoms with Crippen molar-refractivity contribution in [3.8, 4) is 0 Å². The number of rotatable bonds is 6. The van der Waals surface area contributed by atoms with Crippen molar-refractivity contribution in [3.63, 3.8) is 0 Å². The van der Waals surface area contributed by atoms with Crippen LogP contribution in [0, 0.1) is 0 Å². The molecular formula is C23H32N4O3. The molecule has 1 aromatic carbocycles. The van der Waals surface area contributed by atoms with E-state index in [2.05, 4.69) is 9.80 Å². The van der Waals surface area contributed by atoms with Crippen LogP contribution in [0.25, 0.3) is 0 Å². The summed E-state index contributed by atoms with van der Waals surface area (Å²) in [5.41, 5.74) is 6.39. The van der Waals surface area contributed by atoms with Gasteiger partial charge in [0.2, 0.25) is 17.7 Å². The predicted octanol–water partition coefficient (Wildman–Crippen LogP) is 1.16. The van der Waals surface area contributed by atoms with Gasteiger partial charge in [-0.05, 0) is 50.8 Å². The van der Waals surface area contributed by atoms with Crippen LogP contribution in [0.2, 0.25) is 0 Å². The van der Waals surface area contributed by atoms with Crippen LogP contribution in [0.5, 0.6) is 0 Å². The smallest absolute Gasteiger partial charge is 0.247 e. The molecule has 0 spiro atoms. The van der Waals surface area contributed by atoms with Crippen LogP contribution in [0.1, 0.15) is 44.1 Å². The minimum Gasteiger partial charge on any atom is -0.368 e. The number of likely N-dealkylation sites (tertiary alicyclic amines) is 3. The number of amides is 3. The number of nitrogens with two attached hydrogens (primary N) is 1. The van der Waals surface area contributed by atoms with Gasteiger partial charge in [-0.15, -0.1) is 0 Å². The topological polar surface area (TPSA) is 87.0 Å². The van der Waals surface area contributed by atoms with E-state index >= 15 is 0 Å². The van der Waals surface area contributed by atoms with E-state index in [1.807, 2.05) is 30.3 Å². The molecular weight excluding hydrogens is 380 g/mol. The monoisotopic (exact) mass is 412 g/mol. The van der Waals surface area contributed by atoms with Crippen LogP contribution in [0.4, 0.5) is 0 Å². The zero-order valence-corrected chi connectivity index (χ0v) is 17.6. The van der Waals surface area contributed by atoms with E-state index in [-0.39, 0.29) is 24.1 Å². The summed E-state index contributed by atoms with van der Waals surface area (Å²) >= 11 is 0. The molecule has 1 aromatic rings. The number of hydrogen-bond acceptors (Lipinski definition) is 5. The van der Waals surface area contributed by atoms with Crippen molar-refractivity contribution in [3.05, 3.63) is 35.9 Å². The molecule has 1 atom stereocenters. The van der Waals surface area contributed by atoms with Gasteiger partial charge in [0.05, 0.1) is 12.5 Å². The van der Waals surface area contributed by atoms with Crippen LogP contribution < -0.4 is 5.73 Å². The van der Waals surface area contributed by atoms with Crippen molar-refractivity contribution in [2.75, 3.05) is 32.7 Å². The molecule has 0 saturated carbocycles. The van der Waals surface area contributed by atoms with Gasteiger partial charge in [0.15, 0.2) is 0 Å². The van der Waals surface area contributed by atoms with E-state index in [4.69, 9.17) is 5.73 Å². The van der Waals surface area contributed by atoms with Gasteiger partial charge in [-0.25, -0.2) is 0 Å². The summed E-state index contributed by atoms with van der Waals surface area (Å²) in [6, 6.07) is 9.51. The van der Waals surface area contributed by atoms with Gasteiger partial charge < -0.3 is 5.73 Å². The third-order valence-corrected chi connectivity index (χ3v) is 7.17. The lowest BCUT2D eigenvalue weighted by Gasteiger charge is -2.48. The second-order valence-corrected chi connectivity index (χ2v) is 8.82. The van der Waals surface area contributed by atoms with Gasteiger partial charge in [0.1, 0.15) is 5.54 Å². The van der Waals surface area contributed by atoms with Crippen molar-refractivity contribution >= 4 is 17.7 Å². The lowest BCUT2D eigenvalue weighted by molar-refractivity contribution is -0.140. The van der Waals surface area contributed by atoms with Gasteiger partial charge in [-0.1, -0.05) is 36.8 Å². The van der Waals surface area contributed by atoms with E-state index in [9.17, 15) is 14.4 Å². The summed E-state index contributed by atoms with van der Waals surface area (Å²) in [7, 11) is 0. The molecule has 0 bridgehead atoms. The van der Waals surface area contributed by atoms with Gasteiger partial charge >= 0.3 is 0 Å². The molecule has 0 aliphatic carbocycles. The molecule has 7 nitrogen and oxygen atoms in total. The molecule has 7 heteroatoms. The van der Waals surface area contributed by atoms with Crippen molar-refractivity contribution < 1.29 is 14.4 Å². The Hall–Kier alpha value is -2.25. The molecule has 2 N–H and O–H groups in total. The molecule has 3 fully saturated rings. The van der Waals surface area contributed by atoms with Crippen LogP contribution in [-0.2, 0) is 20.8 Å². The highest BCUT2D eigenvalue weighted by Crippen LogP contribution is 2.33. The molecule has 162 valence electrons. The summed E-state index contributed by atoms with van der Waals surface area (Å²) in [6.07, 6.45) is 5.57. The highest BCUT2D eigenvalue weighted by atomic mass is 16.2. The second kappa shape index (κ2) is 8.86. The maximum atomic E-state index is 13.0. The zero-order chi connectivity index (χ0) is 21.1. The summed E-state index contributed by atoms with van der Waals surface area (Å²) < 4.78 is 0. The van der Waals surface area contributed by atoms with Crippen LogP contribution in [-0.4, -0.2) is 76.7 Å². The Morgan fingerprint density at radius 3 is 2.30 bits per heavy atom. The number of benzene rings is 1. The molecule has 0 unspecified atom stereocenters. The lowest BCUT2D eigenvalue weighted by atomic mass is 9.83. The number of carbonyl (C=O) groups is 3. The standard InChI is InChI=1S/C23H32N4O3/c24-22(30)23(26-12-5-2-6-13-26)10-15-25(16-11-23)19-17-20(28)27(21(19)29)14-9-18-7-3-1-4-8-18/h1,3-4,7-8,19H,2,5-6,9-17H2,(H2,24,30)/t19-/m0/s1. The molecule has 3 heterocycles. The number of imide groups is 1. The fourth-order valence-electron chi connectivity index (χ4n) is 5.32. The highest BCUT2D eigenvalue weighted by Gasteiger charge is 2.49. The van der Waals surface area contributed by atoms with E-state index < -0.39 is 11.6 Å². The van der Waals surface area contributed by atoms with Gasteiger partial charge in [0.25, 0.3) is 0 Å². The van der Waals surface area contributed by atoms with E-state index in [0.717, 1.165) is 31.5 Å². The van der Waals surface area contributed by atoms with E-state index in [0.29, 0.717) is 38.9 Å². The first-order valence-electron chi connectivity index (χ1n) is 11.2. The molecule has 3 saturated heterocycles. The van der Waals surface area contributed by atoms with Crippen LogP contribution >= 0.6 is 0 Å². The van der Waals surface area contributed by atoms with Crippen LogP contribution in [0.3, 0.4) is 0 Å². The molecule has 3 aliphatic heterocycles. The summed E-state index contributed by atoms with van der Waals surface area (Å²) in [5, 5.41) is 0. The summed E-state index contributed by atoms with van der Waals surface area (Å²) in [5.74, 6) is -0.438. The third-order valence-electron chi connectivity index (χ3n) is 7.17. The fraction of sp³-hybridized carbons (Fsp3) is 0.609. The molecule has 3 amide bonds. The Bertz CT molecular complexity index is 783. The SMILES string of the molecule is NC(=O)C1(N2CCCCC2)CCN([C@H]2CC(=O)N(CCc3ccccc3)C2=O)CC1. The number of nitrogens with zero attached hydrogens (tertiary/aromatic N) is 3. The van der Waals surface area contributed by atoms with Crippen LogP contribution in [0.15, 0.2) is 30.3 Å². The first-order valence-corrected chi connectivity index (χ1v) is 11.2. The maximum Gasteiger partial charge on any atom is 0.247 e. The number of hydrogen-bond donors (Lipinski definition) is 1. The zero-order valence-electron chi connectivity index (χ0n) is 17.6. The minimum absolute atomic E-state index is 0.0938. The van der Waals surface area contributed by atoms with Gasteiger partial charge in [-0.2, -0.15) is 0 Å². The van der Waals surface area contributed by atoms with Gasteiger partial charge in [-0.3, -0.25) is 29.1 Å². The Labute approximate surface area is 178 Å². The average Bonchev–Trinajstić information content (AvgIpc) is 3.07. The Morgan fingerprint density at radius 1 is 1.00 bits per heavy atom. The number of carbonyl (C=O) groups excluding carboxylic acids is 3. The first kappa shape index (κ1) is 21.0. The van der Waals surface area contributed by atoms with Crippen molar-refractivity contribution in [1.29, 1.82) is 0 Å². The summed E-state index contributed by atoms with van der Waals surface area (Å²) in [4.78, 5) is 43.7. The largest absolute Gasteiger partial charge is 0.368 e. The molecule has 3 aliphatic rings. The third kappa shape index (κ3) is 4.01. The Morgan fingerprint density at radius 2 is 1.67 bits per heavy atom. The second-order valence-electron chi connectivity index (χ2n) is 8.82. The Kier molecular flexibility index (Phi) is 6.20. The molecule has 30 heavy (non-hydrogen) atoms. The minimum atomic E-state index is -0.602. The molecule has 0 aromatic heterocycles. The van der Waals surface area contributed by atoms with Gasteiger partial charge in [0, 0.05) is 19.6 Å². The van der Waals surface area contributed by atoms with E-state index in [1.54, 1.807) is 0 Å². The van der Waals surface area contributed by atoms with Crippen molar-refractivity contribution in [2.24, 2.45) is 5.73 Å². The summed E-state index contributed by atoms with van der Waals surface area (Å²) in [6.45, 7) is 3.49. The molecule has 0 radical (unpaired) electrons. The predicted molar refractivity (Wildman–Crippen MR) is 113 cm³/mol. The lowest BCUT2D eigenvalue weighted by Crippen LogP contribution is -2.64. The maximum absolute atomic E-state index is 13.0. The van der Waals surface area contributed by atoms with Crippen molar-refractivity contribution in [2.45, 2.75) is 56.5 Å². The van der Waals surface area contributed by atoms with E-state index in [1.165, 1.54) is 11.3 Å².